The van der Waals surface area contributed by atoms with Gasteiger partial charge in [0, 0.05) is 13.7 Å². The lowest BCUT2D eigenvalue weighted by atomic mass is 10.1. The Morgan fingerprint density at radius 3 is 1.93 bits per heavy atom. The van der Waals surface area contributed by atoms with E-state index in [9.17, 15) is 0 Å². The zero-order chi connectivity index (χ0) is 21.1. The fourth-order valence-electron chi connectivity index (χ4n) is 4.46. The van der Waals surface area contributed by atoms with Crippen molar-refractivity contribution in [3.05, 3.63) is 84.1 Å². The number of hydrogen-bond donors (Lipinski definition) is 0. The molecule has 30 heavy (non-hydrogen) atoms. The molecule has 0 radical (unpaired) electrons. The van der Waals surface area contributed by atoms with Crippen LogP contribution in [0.5, 0.6) is 0 Å². The molecular formula is C27H36O2Si. The second-order valence-corrected chi connectivity index (χ2v) is 11.5. The minimum atomic E-state index is -2.68. The van der Waals surface area contributed by atoms with Gasteiger partial charge in [0.05, 0.1) is 6.61 Å². The van der Waals surface area contributed by atoms with Gasteiger partial charge in [0.2, 0.25) is 0 Å². The van der Waals surface area contributed by atoms with Crippen LogP contribution in [0.15, 0.2) is 84.1 Å². The topological polar surface area (TPSA) is 18.5 Å². The van der Waals surface area contributed by atoms with E-state index in [0.29, 0.717) is 6.61 Å². The standard InChI is InChI=1S/C27H36O2Si/c1-24(23-28-2)27-21-15-7-5-3-4-6-8-16-22-29-30(27,25-17-11-9-12-18-25)26-19-13-10-14-20-26/h9-14,17-21H,1,3-8,15-16,22-23H2,2H3/b27-21-. The average Bonchev–Trinajstić information content (AvgIpc) is 2.81. The molecule has 0 atom stereocenters. The Morgan fingerprint density at radius 2 is 1.37 bits per heavy atom. The van der Waals surface area contributed by atoms with Crippen molar-refractivity contribution < 1.29 is 9.16 Å². The van der Waals surface area contributed by atoms with Crippen LogP contribution in [-0.2, 0) is 9.16 Å². The van der Waals surface area contributed by atoms with Gasteiger partial charge in [0.25, 0.3) is 8.32 Å². The second-order valence-electron chi connectivity index (χ2n) is 8.18. The van der Waals surface area contributed by atoms with Crippen molar-refractivity contribution in [3.63, 3.8) is 0 Å². The highest BCUT2D eigenvalue weighted by atomic mass is 28.4. The Bertz CT molecular complexity index is 759. The summed E-state index contributed by atoms with van der Waals surface area (Å²) < 4.78 is 12.6. The minimum absolute atomic E-state index is 0.531. The average molecular weight is 421 g/mol. The molecule has 0 N–H and O–H groups in total. The largest absolute Gasteiger partial charge is 0.404 e. The van der Waals surface area contributed by atoms with Crippen LogP contribution >= 0.6 is 0 Å². The normalized spacial score (nSPS) is 20.1. The molecule has 0 aliphatic carbocycles. The van der Waals surface area contributed by atoms with Gasteiger partial charge in [-0.05, 0) is 40.4 Å². The molecule has 0 unspecified atom stereocenters. The Kier molecular flexibility index (Phi) is 9.13. The van der Waals surface area contributed by atoms with Gasteiger partial charge < -0.3 is 9.16 Å². The summed E-state index contributed by atoms with van der Waals surface area (Å²) in [6.07, 6.45) is 12.3. The molecule has 0 saturated heterocycles. The maximum atomic E-state index is 7.05. The van der Waals surface area contributed by atoms with Crippen molar-refractivity contribution in [1.82, 2.24) is 0 Å². The highest BCUT2D eigenvalue weighted by Crippen LogP contribution is 2.26. The molecule has 2 aromatic carbocycles. The number of benzene rings is 2. The van der Waals surface area contributed by atoms with Crippen molar-refractivity contribution >= 4 is 18.7 Å². The maximum absolute atomic E-state index is 7.05. The molecule has 0 bridgehead atoms. The van der Waals surface area contributed by atoms with Gasteiger partial charge in [-0.15, -0.1) is 0 Å². The fraction of sp³-hybridized carbons (Fsp3) is 0.407. The highest BCUT2D eigenvalue weighted by Gasteiger charge is 2.44. The summed E-state index contributed by atoms with van der Waals surface area (Å²) in [5.74, 6) is 0. The number of hydrogen-bond acceptors (Lipinski definition) is 2. The molecule has 0 saturated carbocycles. The summed E-state index contributed by atoms with van der Waals surface area (Å²) in [5.41, 5.74) is 1.05. The Balaban J connectivity index is 2.17. The molecule has 0 aromatic heterocycles. The van der Waals surface area contributed by atoms with Gasteiger partial charge in [-0.25, -0.2) is 0 Å². The van der Waals surface area contributed by atoms with Gasteiger partial charge >= 0.3 is 0 Å². The van der Waals surface area contributed by atoms with E-state index >= 15 is 0 Å². The maximum Gasteiger partial charge on any atom is 0.288 e. The van der Waals surface area contributed by atoms with Crippen molar-refractivity contribution in [2.24, 2.45) is 0 Å². The van der Waals surface area contributed by atoms with Crippen molar-refractivity contribution in [1.29, 1.82) is 0 Å². The first-order chi connectivity index (χ1) is 14.8. The zero-order valence-electron chi connectivity index (χ0n) is 18.4. The second kappa shape index (κ2) is 12.0. The molecular weight excluding hydrogens is 384 g/mol. The van der Waals surface area contributed by atoms with Crippen LogP contribution < -0.4 is 10.4 Å². The van der Waals surface area contributed by atoms with E-state index in [-0.39, 0.29) is 0 Å². The Hall–Kier alpha value is -1.94. The van der Waals surface area contributed by atoms with E-state index < -0.39 is 8.32 Å². The first-order valence-electron chi connectivity index (χ1n) is 11.4. The number of ether oxygens (including phenoxy) is 1. The van der Waals surface area contributed by atoms with Crippen LogP contribution in [0.1, 0.15) is 51.4 Å². The summed E-state index contributed by atoms with van der Waals surface area (Å²) in [4.78, 5) is 0. The van der Waals surface area contributed by atoms with Crippen LogP contribution in [0.25, 0.3) is 0 Å². The number of allylic oxidation sites excluding steroid dienone is 1. The first kappa shape index (κ1) is 22.7. The summed E-state index contributed by atoms with van der Waals surface area (Å²) in [7, 11) is -0.925. The molecule has 1 aliphatic rings. The van der Waals surface area contributed by atoms with E-state index in [1.807, 2.05) is 0 Å². The monoisotopic (exact) mass is 420 g/mol. The number of methoxy groups -OCH3 is 1. The lowest BCUT2D eigenvalue weighted by molar-refractivity contribution is 0.227. The first-order valence-corrected chi connectivity index (χ1v) is 13.3. The quantitative estimate of drug-likeness (QED) is 0.589. The summed E-state index contributed by atoms with van der Waals surface area (Å²) in [5, 5.41) is 3.85. The third kappa shape index (κ3) is 5.60. The molecule has 1 aliphatic heterocycles. The van der Waals surface area contributed by atoms with Crippen LogP contribution in [0.3, 0.4) is 0 Å². The van der Waals surface area contributed by atoms with Gasteiger partial charge in [0.1, 0.15) is 0 Å². The van der Waals surface area contributed by atoms with Crippen LogP contribution in [0, 0.1) is 0 Å². The van der Waals surface area contributed by atoms with Gasteiger partial charge in [0.15, 0.2) is 0 Å². The van der Waals surface area contributed by atoms with Gasteiger partial charge in [-0.2, -0.15) is 0 Å². The zero-order valence-corrected chi connectivity index (χ0v) is 19.4. The van der Waals surface area contributed by atoms with Crippen molar-refractivity contribution in [3.8, 4) is 0 Å². The summed E-state index contributed by atoms with van der Waals surface area (Å²) >= 11 is 0. The van der Waals surface area contributed by atoms with Gasteiger partial charge in [-0.1, -0.05) is 105 Å². The Labute approximate surface area is 183 Å². The summed E-state index contributed by atoms with van der Waals surface area (Å²) in [6.45, 7) is 5.78. The predicted octanol–water partition coefficient (Wildman–Crippen LogP) is 5.57. The van der Waals surface area contributed by atoms with Crippen molar-refractivity contribution in [2.75, 3.05) is 20.3 Å². The molecule has 0 spiro atoms. The molecule has 160 valence electrons. The van der Waals surface area contributed by atoms with Crippen LogP contribution in [-0.4, -0.2) is 28.6 Å². The molecule has 2 aromatic rings. The van der Waals surface area contributed by atoms with E-state index in [2.05, 4.69) is 73.3 Å². The highest BCUT2D eigenvalue weighted by molar-refractivity contribution is 7.03. The van der Waals surface area contributed by atoms with Crippen molar-refractivity contribution in [2.45, 2.75) is 51.4 Å². The SMILES string of the molecule is C=C(COC)/C1=C/CCCCCCCCCO[Si]1(c1ccccc1)c1ccccc1. The van der Waals surface area contributed by atoms with E-state index in [0.717, 1.165) is 25.0 Å². The molecule has 1 heterocycles. The molecule has 0 amide bonds. The Morgan fingerprint density at radius 1 is 0.833 bits per heavy atom. The van der Waals surface area contributed by atoms with Gasteiger partial charge in [-0.3, -0.25) is 0 Å². The number of rotatable bonds is 5. The predicted molar refractivity (Wildman–Crippen MR) is 130 cm³/mol. The minimum Gasteiger partial charge on any atom is -0.404 e. The van der Waals surface area contributed by atoms with Crippen LogP contribution in [0.2, 0.25) is 0 Å². The summed E-state index contributed by atoms with van der Waals surface area (Å²) in [6, 6.07) is 21.7. The van der Waals surface area contributed by atoms with Crippen LogP contribution in [0.4, 0.5) is 0 Å². The van der Waals surface area contributed by atoms with E-state index in [1.165, 1.54) is 54.1 Å². The third-order valence-electron chi connectivity index (χ3n) is 5.95. The molecule has 0 fully saturated rings. The molecule has 3 rings (SSSR count). The fourth-order valence-corrected chi connectivity index (χ4v) is 8.68. The van der Waals surface area contributed by atoms with E-state index in [4.69, 9.17) is 9.16 Å². The van der Waals surface area contributed by atoms with E-state index in [1.54, 1.807) is 7.11 Å². The smallest absolute Gasteiger partial charge is 0.288 e. The molecule has 2 nitrogen and oxygen atoms in total. The lowest BCUT2D eigenvalue weighted by Crippen LogP contribution is -2.63. The molecule has 3 heteroatoms. The third-order valence-corrected chi connectivity index (χ3v) is 10.2. The lowest BCUT2D eigenvalue weighted by Gasteiger charge is -2.36.